The fraction of sp³-hybridized carbons (Fsp3) is 0.515. The lowest BCUT2D eigenvalue weighted by Crippen LogP contribution is -2.48. The lowest BCUT2D eigenvalue weighted by molar-refractivity contribution is -0.174. The van der Waals surface area contributed by atoms with Gasteiger partial charge in [0, 0.05) is 33.5 Å². The minimum absolute atomic E-state index is 0.274. The third kappa shape index (κ3) is 9.58. The van der Waals surface area contributed by atoms with Gasteiger partial charge in [0.1, 0.15) is 0 Å². The maximum Gasteiger partial charge on any atom is 0.304 e. The van der Waals surface area contributed by atoms with Crippen LogP contribution in [-0.4, -0.2) is 54.5 Å². The summed E-state index contributed by atoms with van der Waals surface area (Å²) in [7, 11) is 0. The van der Waals surface area contributed by atoms with E-state index in [1.165, 1.54) is 41.0 Å². The van der Waals surface area contributed by atoms with Crippen molar-refractivity contribution in [3.8, 4) is 0 Å². The number of carbonyl (C=O) groups is 2. The van der Waals surface area contributed by atoms with Crippen LogP contribution in [0.25, 0.3) is 21.5 Å². The van der Waals surface area contributed by atoms with Crippen molar-refractivity contribution in [1.29, 1.82) is 0 Å². The molecule has 7 nitrogen and oxygen atoms in total. The molecule has 0 aromatic heterocycles. The Morgan fingerprint density at radius 1 is 0.750 bits per heavy atom. The van der Waals surface area contributed by atoms with Crippen LogP contribution in [0.1, 0.15) is 72.8 Å². The van der Waals surface area contributed by atoms with Crippen LogP contribution in [0.5, 0.6) is 0 Å². The molecule has 2 N–H and O–H groups in total. The number of hydrogen-bond donors (Lipinski definition) is 2. The third-order valence-electron chi connectivity index (χ3n) is 7.18. The predicted octanol–water partition coefficient (Wildman–Crippen LogP) is 6.13. The molecule has 40 heavy (non-hydrogen) atoms. The van der Waals surface area contributed by atoms with Gasteiger partial charge in [-0.1, -0.05) is 48.5 Å². The minimum atomic E-state index is -0.687. The first kappa shape index (κ1) is 31.5. The maximum atomic E-state index is 11.8. The van der Waals surface area contributed by atoms with Crippen LogP contribution in [0.4, 0.5) is 0 Å². The van der Waals surface area contributed by atoms with Gasteiger partial charge in [-0.25, -0.2) is 0 Å². The fourth-order valence-corrected chi connectivity index (χ4v) is 5.34. The summed E-state index contributed by atoms with van der Waals surface area (Å²) in [6, 6.07) is 19.5. The van der Waals surface area contributed by atoms with E-state index in [-0.39, 0.29) is 11.9 Å². The minimum Gasteiger partial charge on any atom is -0.445 e. The van der Waals surface area contributed by atoms with Gasteiger partial charge in [0.15, 0.2) is 11.4 Å². The van der Waals surface area contributed by atoms with Crippen molar-refractivity contribution in [3.05, 3.63) is 60.2 Å². The Morgan fingerprint density at radius 2 is 1.27 bits per heavy atom. The van der Waals surface area contributed by atoms with E-state index in [0.717, 1.165) is 58.4 Å². The summed E-state index contributed by atoms with van der Waals surface area (Å²) < 4.78 is 11.0. The van der Waals surface area contributed by atoms with Crippen LogP contribution >= 0.6 is 0 Å². The SMILES string of the molecule is CC(=O)OC(C)(C)NCCCCN(CCCCNCc1c2ccccc2cc2ccccc12)C(C)(C)OC(C)=O. The van der Waals surface area contributed by atoms with Crippen molar-refractivity contribution in [2.45, 2.75) is 85.2 Å². The van der Waals surface area contributed by atoms with Crippen LogP contribution in [0, 0.1) is 0 Å². The number of nitrogens with one attached hydrogen (secondary N) is 2. The molecule has 0 saturated carbocycles. The van der Waals surface area contributed by atoms with Crippen molar-refractivity contribution in [2.24, 2.45) is 0 Å². The lowest BCUT2D eigenvalue weighted by Gasteiger charge is -2.38. The van der Waals surface area contributed by atoms with Gasteiger partial charge >= 0.3 is 11.9 Å². The summed E-state index contributed by atoms with van der Waals surface area (Å²) in [5, 5.41) is 12.1. The van der Waals surface area contributed by atoms with E-state index in [4.69, 9.17) is 9.47 Å². The van der Waals surface area contributed by atoms with Gasteiger partial charge in [-0.05, 0) is 99.6 Å². The van der Waals surface area contributed by atoms with Gasteiger partial charge in [-0.15, -0.1) is 0 Å². The first-order valence-corrected chi connectivity index (χ1v) is 14.5. The molecule has 3 aromatic rings. The zero-order valence-corrected chi connectivity index (χ0v) is 25.1. The molecule has 0 bridgehead atoms. The molecule has 0 fully saturated rings. The van der Waals surface area contributed by atoms with Gasteiger partial charge in [-0.2, -0.15) is 0 Å². The summed E-state index contributed by atoms with van der Waals surface area (Å²) in [5.74, 6) is -0.574. The predicted molar refractivity (Wildman–Crippen MR) is 163 cm³/mol. The summed E-state index contributed by atoms with van der Waals surface area (Å²) in [6.07, 6.45) is 3.86. The molecule has 0 aliphatic heterocycles. The second kappa shape index (κ2) is 14.6. The van der Waals surface area contributed by atoms with Gasteiger partial charge in [0.2, 0.25) is 0 Å². The Bertz CT molecular complexity index is 1220. The van der Waals surface area contributed by atoms with E-state index in [2.05, 4.69) is 70.1 Å². The molecule has 0 atom stereocenters. The zero-order chi connectivity index (χ0) is 29.2. The Balaban J connectivity index is 1.50. The number of ether oxygens (including phenoxy) is 2. The van der Waals surface area contributed by atoms with Crippen LogP contribution in [0.2, 0.25) is 0 Å². The number of unbranched alkanes of at least 4 members (excludes halogenated alkanes) is 2. The summed E-state index contributed by atoms with van der Waals surface area (Å²) in [6.45, 7) is 14.6. The van der Waals surface area contributed by atoms with Gasteiger partial charge < -0.3 is 14.8 Å². The standard InChI is InChI=1S/C33H47N3O4/c1-25(37)39-32(3,4)35-20-12-14-22-36(33(5,6)40-26(2)38)21-13-11-19-34-24-31-29-17-9-7-15-27(29)23-28-16-8-10-18-30(28)31/h7-10,15-18,23,34-35H,11-14,19-22,24H2,1-6H3. The van der Waals surface area contributed by atoms with Crippen molar-refractivity contribution in [1.82, 2.24) is 15.5 Å². The van der Waals surface area contributed by atoms with Crippen molar-refractivity contribution >= 4 is 33.5 Å². The fourth-order valence-electron chi connectivity index (χ4n) is 5.34. The molecule has 218 valence electrons. The number of nitrogens with zero attached hydrogens (tertiary/aromatic N) is 1. The summed E-state index contributed by atoms with van der Waals surface area (Å²) in [5.41, 5.74) is -0.0174. The molecule has 0 radical (unpaired) electrons. The topological polar surface area (TPSA) is 79.9 Å². The van der Waals surface area contributed by atoms with Crippen LogP contribution in [0.3, 0.4) is 0 Å². The highest BCUT2D eigenvalue weighted by molar-refractivity contribution is 6.02. The Morgan fingerprint density at radius 3 is 1.82 bits per heavy atom. The quantitative estimate of drug-likeness (QED) is 0.0962. The summed E-state index contributed by atoms with van der Waals surface area (Å²) in [4.78, 5) is 25.3. The first-order valence-electron chi connectivity index (χ1n) is 14.5. The monoisotopic (exact) mass is 549 g/mol. The number of hydrogen-bond acceptors (Lipinski definition) is 7. The molecule has 0 unspecified atom stereocenters. The molecule has 3 rings (SSSR count). The van der Waals surface area contributed by atoms with E-state index < -0.39 is 11.4 Å². The largest absolute Gasteiger partial charge is 0.445 e. The second-order valence-electron chi connectivity index (χ2n) is 11.4. The summed E-state index contributed by atoms with van der Waals surface area (Å²) >= 11 is 0. The normalized spacial score (nSPS) is 12.3. The van der Waals surface area contributed by atoms with Crippen LogP contribution < -0.4 is 10.6 Å². The average molecular weight is 550 g/mol. The third-order valence-corrected chi connectivity index (χ3v) is 7.18. The van der Waals surface area contributed by atoms with Gasteiger partial charge in [0.25, 0.3) is 0 Å². The highest BCUT2D eigenvalue weighted by Gasteiger charge is 2.29. The van der Waals surface area contributed by atoms with E-state index in [9.17, 15) is 9.59 Å². The zero-order valence-electron chi connectivity index (χ0n) is 25.1. The molecular formula is C33H47N3O4. The highest BCUT2D eigenvalue weighted by Crippen LogP contribution is 2.28. The van der Waals surface area contributed by atoms with E-state index in [0.29, 0.717) is 0 Å². The van der Waals surface area contributed by atoms with E-state index >= 15 is 0 Å². The molecule has 3 aromatic carbocycles. The molecule has 0 amide bonds. The van der Waals surface area contributed by atoms with Crippen LogP contribution in [-0.2, 0) is 25.6 Å². The molecule has 0 spiro atoms. The van der Waals surface area contributed by atoms with Crippen LogP contribution in [0.15, 0.2) is 54.6 Å². The number of fused-ring (bicyclic) bond motifs is 2. The number of rotatable bonds is 16. The molecule has 7 heteroatoms. The lowest BCUT2D eigenvalue weighted by atomic mass is 9.97. The Kier molecular flexibility index (Phi) is 11.5. The van der Waals surface area contributed by atoms with Crippen molar-refractivity contribution < 1.29 is 19.1 Å². The number of esters is 2. The molecule has 0 aliphatic rings. The van der Waals surface area contributed by atoms with E-state index in [1.54, 1.807) is 0 Å². The van der Waals surface area contributed by atoms with Crippen molar-refractivity contribution in [3.63, 3.8) is 0 Å². The van der Waals surface area contributed by atoms with Gasteiger partial charge in [0.05, 0.1) is 0 Å². The van der Waals surface area contributed by atoms with E-state index in [1.807, 2.05) is 27.7 Å². The molecule has 0 heterocycles. The van der Waals surface area contributed by atoms with Crippen molar-refractivity contribution in [2.75, 3.05) is 26.2 Å². The molecular weight excluding hydrogens is 502 g/mol. The molecule has 0 aliphatic carbocycles. The average Bonchev–Trinajstić information content (AvgIpc) is 2.86. The first-order chi connectivity index (χ1) is 19.0. The Labute approximate surface area is 239 Å². The number of benzene rings is 3. The second-order valence-corrected chi connectivity index (χ2v) is 11.4. The molecule has 0 saturated heterocycles. The number of carbonyl (C=O) groups excluding carboxylic acids is 2. The maximum absolute atomic E-state index is 11.8. The van der Waals surface area contributed by atoms with Gasteiger partial charge in [-0.3, -0.25) is 19.8 Å². The highest BCUT2D eigenvalue weighted by atomic mass is 16.6. The smallest absolute Gasteiger partial charge is 0.304 e. The Hall–Kier alpha value is -3.00.